The van der Waals surface area contributed by atoms with Crippen LogP contribution in [0, 0.1) is 12.8 Å². The van der Waals surface area contributed by atoms with Crippen LogP contribution in [0.4, 0.5) is 0 Å². The predicted molar refractivity (Wildman–Crippen MR) is 122 cm³/mol. The Morgan fingerprint density at radius 3 is 2.81 bits per heavy atom. The van der Waals surface area contributed by atoms with Gasteiger partial charge >= 0.3 is 0 Å². The Kier molecular flexibility index (Phi) is 5.97. The highest BCUT2D eigenvalue weighted by Gasteiger charge is 2.36. The molecular formula is C24H32N4O2S. The average Bonchev–Trinajstić information content (AvgIpc) is 3.43. The summed E-state index contributed by atoms with van der Waals surface area (Å²) in [5, 5.41) is 2.13. The zero-order valence-corrected chi connectivity index (χ0v) is 19.2. The number of aryl methyl sites for hydroxylation is 1. The van der Waals surface area contributed by atoms with Gasteiger partial charge in [0.1, 0.15) is 5.82 Å². The number of nitrogens with zero attached hydrogens (tertiary/aromatic N) is 3. The summed E-state index contributed by atoms with van der Waals surface area (Å²) in [7, 11) is 0. The first-order chi connectivity index (χ1) is 15.1. The van der Waals surface area contributed by atoms with Crippen molar-refractivity contribution in [3.05, 3.63) is 49.3 Å². The van der Waals surface area contributed by atoms with Gasteiger partial charge in [-0.25, -0.2) is 4.98 Å². The number of hydrogen-bond donors (Lipinski definition) is 1. The number of fused-ring (bicyclic) bond motifs is 1. The van der Waals surface area contributed by atoms with E-state index in [1.807, 2.05) is 4.90 Å². The summed E-state index contributed by atoms with van der Waals surface area (Å²) in [6.07, 6.45) is 8.25. The number of H-pyrrole nitrogens is 1. The van der Waals surface area contributed by atoms with Crippen molar-refractivity contribution < 1.29 is 4.79 Å². The van der Waals surface area contributed by atoms with Crippen molar-refractivity contribution in [2.24, 2.45) is 5.92 Å². The summed E-state index contributed by atoms with van der Waals surface area (Å²) in [5.74, 6) is 1.14. The van der Waals surface area contributed by atoms with E-state index in [-0.39, 0.29) is 23.4 Å². The molecule has 1 N–H and O–H groups in total. The number of hydrogen-bond acceptors (Lipinski definition) is 5. The van der Waals surface area contributed by atoms with Gasteiger partial charge in [-0.2, -0.15) is 0 Å². The second kappa shape index (κ2) is 8.87. The van der Waals surface area contributed by atoms with Gasteiger partial charge < -0.3 is 9.88 Å². The van der Waals surface area contributed by atoms with E-state index in [9.17, 15) is 9.59 Å². The molecule has 0 unspecified atom stereocenters. The third-order valence-electron chi connectivity index (χ3n) is 7.31. The second-order valence-electron chi connectivity index (χ2n) is 9.39. The van der Waals surface area contributed by atoms with Gasteiger partial charge in [0.2, 0.25) is 5.91 Å². The predicted octanol–water partition coefficient (Wildman–Crippen LogP) is 3.94. The van der Waals surface area contributed by atoms with Crippen LogP contribution in [0.25, 0.3) is 0 Å². The van der Waals surface area contributed by atoms with Crippen LogP contribution in [0.15, 0.2) is 16.2 Å². The van der Waals surface area contributed by atoms with Gasteiger partial charge in [-0.1, -0.05) is 19.3 Å². The van der Waals surface area contributed by atoms with E-state index in [4.69, 9.17) is 4.98 Å². The zero-order chi connectivity index (χ0) is 21.4. The molecule has 1 amide bonds. The molecule has 1 saturated carbocycles. The topological polar surface area (TPSA) is 69.3 Å². The Bertz CT molecular complexity index is 1010. The minimum atomic E-state index is -0.0702. The normalized spacial score (nSPS) is 22.6. The molecule has 2 aromatic rings. The SMILES string of the molecule is Cc1ccsc1CN1CCc2nc([C@H]3CCCN3C(=O)C3CCCCC3)[nH]c(=O)c2C1. The van der Waals surface area contributed by atoms with Gasteiger partial charge in [0.15, 0.2) is 0 Å². The Labute approximate surface area is 187 Å². The van der Waals surface area contributed by atoms with Crippen LogP contribution in [0.1, 0.15) is 78.5 Å². The lowest BCUT2D eigenvalue weighted by Gasteiger charge is -2.31. The van der Waals surface area contributed by atoms with Crippen molar-refractivity contribution in [1.29, 1.82) is 0 Å². The molecular weight excluding hydrogens is 408 g/mol. The van der Waals surface area contributed by atoms with E-state index in [1.54, 1.807) is 11.3 Å². The van der Waals surface area contributed by atoms with Crippen LogP contribution in [0.3, 0.4) is 0 Å². The highest BCUT2D eigenvalue weighted by atomic mass is 32.1. The molecule has 4 heterocycles. The van der Waals surface area contributed by atoms with E-state index >= 15 is 0 Å². The van der Waals surface area contributed by atoms with Gasteiger partial charge in [0, 0.05) is 43.4 Å². The Balaban J connectivity index is 1.33. The van der Waals surface area contributed by atoms with Crippen molar-refractivity contribution in [3.8, 4) is 0 Å². The molecule has 5 rings (SSSR count). The average molecular weight is 441 g/mol. The maximum absolute atomic E-state index is 13.2. The molecule has 3 aliphatic rings. The van der Waals surface area contributed by atoms with Crippen molar-refractivity contribution in [3.63, 3.8) is 0 Å². The van der Waals surface area contributed by atoms with Crippen LogP contribution >= 0.6 is 11.3 Å². The molecule has 1 atom stereocenters. The Morgan fingerprint density at radius 2 is 2.03 bits per heavy atom. The lowest BCUT2D eigenvalue weighted by atomic mass is 9.88. The van der Waals surface area contributed by atoms with Crippen LogP contribution in [0.2, 0.25) is 0 Å². The fourth-order valence-electron chi connectivity index (χ4n) is 5.46. The number of thiophene rings is 1. The number of likely N-dealkylation sites (tertiary alicyclic amines) is 1. The lowest BCUT2D eigenvalue weighted by molar-refractivity contribution is -0.137. The van der Waals surface area contributed by atoms with E-state index < -0.39 is 0 Å². The van der Waals surface area contributed by atoms with Gasteiger partial charge in [-0.05, 0) is 49.6 Å². The van der Waals surface area contributed by atoms with Crippen LogP contribution in [0.5, 0.6) is 0 Å². The van der Waals surface area contributed by atoms with Gasteiger partial charge in [0.25, 0.3) is 5.56 Å². The van der Waals surface area contributed by atoms with Crippen LogP contribution in [-0.2, 0) is 24.3 Å². The second-order valence-corrected chi connectivity index (χ2v) is 10.4. The van der Waals surface area contributed by atoms with Gasteiger partial charge in [0.05, 0.1) is 17.3 Å². The molecule has 166 valence electrons. The number of aromatic nitrogens is 2. The molecule has 0 aromatic carbocycles. The smallest absolute Gasteiger partial charge is 0.255 e. The van der Waals surface area contributed by atoms with Crippen LogP contribution < -0.4 is 5.56 Å². The summed E-state index contributed by atoms with van der Waals surface area (Å²) in [6.45, 7) is 5.37. The molecule has 6 nitrogen and oxygen atoms in total. The quantitative estimate of drug-likeness (QED) is 0.782. The molecule has 2 fully saturated rings. The van der Waals surface area contributed by atoms with Crippen molar-refractivity contribution >= 4 is 17.2 Å². The number of amides is 1. The first kappa shape index (κ1) is 20.9. The minimum Gasteiger partial charge on any atom is -0.332 e. The molecule has 1 aliphatic carbocycles. The van der Waals surface area contributed by atoms with Gasteiger partial charge in [-0.15, -0.1) is 11.3 Å². The first-order valence-electron chi connectivity index (χ1n) is 11.8. The minimum absolute atomic E-state index is 0.0235. The number of rotatable bonds is 4. The molecule has 1 saturated heterocycles. The van der Waals surface area contributed by atoms with Crippen molar-refractivity contribution in [2.45, 2.75) is 77.4 Å². The first-order valence-corrected chi connectivity index (χ1v) is 12.7. The molecule has 0 spiro atoms. The number of nitrogens with one attached hydrogen (secondary N) is 1. The maximum atomic E-state index is 13.2. The van der Waals surface area contributed by atoms with Crippen LogP contribution in [-0.4, -0.2) is 38.8 Å². The fraction of sp³-hybridized carbons (Fsp3) is 0.625. The third kappa shape index (κ3) is 4.22. The van der Waals surface area contributed by atoms with E-state index in [1.165, 1.54) is 16.9 Å². The largest absolute Gasteiger partial charge is 0.332 e. The highest BCUT2D eigenvalue weighted by Crippen LogP contribution is 2.34. The van der Waals surface area contributed by atoms with Gasteiger partial charge in [-0.3, -0.25) is 14.5 Å². The molecule has 31 heavy (non-hydrogen) atoms. The van der Waals surface area contributed by atoms with E-state index in [0.717, 1.165) is 75.8 Å². The summed E-state index contributed by atoms with van der Waals surface area (Å²) in [5.41, 5.74) is 3.02. The Morgan fingerprint density at radius 1 is 1.19 bits per heavy atom. The highest BCUT2D eigenvalue weighted by molar-refractivity contribution is 7.10. The zero-order valence-electron chi connectivity index (χ0n) is 18.4. The summed E-state index contributed by atoms with van der Waals surface area (Å²) in [6, 6.07) is 2.08. The number of carbonyl (C=O) groups excluding carboxylic acids is 1. The molecule has 2 aromatic heterocycles. The fourth-order valence-corrected chi connectivity index (χ4v) is 6.41. The molecule has 0 radical (unpaired) electrons. The van der Waals surface area contributed by atoms with E-state index in [0.29, 0.717) is 12.4 Å². The van der Waals surface area contributed by atoms with Crippen molar-refractivity contribution in [2.75, 3.05) is 13.1 Å². The van der Waals surface area contributed by atoms with E-state index in [2.05, 4.69) is 28.3 Å². The summed E-state index contributed by atoms with van der Waals surface area (Å²) >= 11 is 1.78. The Hall–Kier alpha value is -1.99. The number of aromatic amines is 1. The molecule has 0 bridgehead atoms. The molecule has 2 aliphatic heterocycles. The molecule has 7 heteroatoms. The van der Waals surface area contributed by atoms with Crippen molar-refractivity contribution in [1.82, 2.24) is 19.8 Å². The maximum Gasteiger partial charge on any atom is 0.255 e. The summed E-state index contributed by atoms with van der Waals surface area (Å²) in [4.78, 5) is 39.9. The lowest BCUT2D eigenvalue weighted by Crippen LogP contribution is -2.39. The monoisotopic (exact) mass is 440 g/mol. The summed E-state index contributed by atoms with van der Waals surface area (Å²) < 4.78 is 0. The third-order valence-corrected chi connectivity index (χ3v) is 8.32. The number of carbonyl (C=O) groups is 1. The standard InChI is InChI=1S/C24H32N4O2S/c1-16-10-13-31-21(16)15-27-12-9-19-18(14-27)23(29)26-22(25-19)20-8-5-11-28(20)24(30)17-6-3-2-4-7-17/h10,13,17,20H,2-9,11-12,14-15H2,1H3,(H,25,26,29)/t20-/m1/s1.